The molecular weight excluding hydrogens is 340 g/mol. The molecule has 1 fully saturated rings. The summed E-state index contributed by atoms with van der Waals surface area (Å²) in [5.41, 5.74) is 1.43. The van der Waals surface area contributed by atoms with Crippen LogP contribution in [0.2, 0.25) is 0 Å². The monoisotopic (exact) mass is 362 g/mol. The third-order valence-corrected chi connectivity index (χ3v) is 4.91. The second kappa shape index (κ2) is 8.98. The van der Waals surface area contributed by atoms with Gasteiger partial charge in [-0.1, -0.05) is 16.9 Å². The fourth-order valence-electron chi connectivity index (χ4n) is 2.55. The number of morpholine rings is 1. The molecule has 1 N–H and O–H groups in total. The molecule has 0 aromatic carbocycles. The molecule has 0 radical (unpaired) electrons. The van der Waals surface area contributed by atoms with Crippen molar-refractivity contribution in [3.63, 3.8) is 0 Å². The number of aryl methyl sites for hydroxylation is 1. The molecule has 0 atom stereocenters. The summed E-state index contributed by atoms with van der Waals surface area (Å²) in [6, 6.07) is 5.46. The molecule has 1 aliphatic heterocycles. The number of carbonyl (C=O) groups excluding carboxylic acids is 1. The van der Waals surface area contributed by atoms with Crippen LogP contribution in [0.3, 0.4) is 0 Å². The van der Waals surface area contributed by atoms with Gasteiger partial charge in [0.25, 0.3) is 5.91 Å². The predicted molar refractivity (Wildman–Crippen MR) is 94.6 cm³/mol. The topological polar surface area (TPSA) is 80.5 Å². The molecule has 134 valence electrons. The zero-order valence-electron chi connectivity index (χ0n) is 14.2. The Morgan fingerprint density at radius 1 is 1.40 bits per heavy atom. The zero-order valence-corrected chi connectivity index (χ0v) is 15.1. The second-order valence-electron chi connectivity index (χ2n) is 5.78. The Morgan fingerprint density at radius 3 is 3.00 bits per heavy atom. The van der Waals surface area contributed by atoms with E-state index in [1.807, 2.05) is 13.0 Å². The van der Waals surface area contributed by atoms with Gasteiger partial charge in [-0.05, 0) is 19.1 Å². The Labute approximate surface area is 151 Å². The minimum absolute atomic E-state index is 0.0970. The Kier molecular flexibility index (Phi) is 6.43. The fraction of sp³-hybridized carbons (Fsp3) is 0.471. The summed E-state index contributed by atoms with van der Waals surface area (Å²) in [6.07, 6.45) is 1.70. The predicted octanol–water partition coefficient (Wildman–Crippen LogP) is 1.73. The highest BCUT2D eigenvalue weighted by atomic mass is 32.2. The van der Waals surface area contributed by atoms with E-state index in [1.165, 1.54) is 11.8 Å². The molecule has 1 amide bonds. The molecule has 1 saturated heterocycles. The van der Waals surface area contributed by atoms with Gasteiger partial charge in [-0.15, -0.1) is 0 Å². The highest BCUT2D eigenvalue weighted by molar-refractivity contribution is 7.98. The highest BCUT2D eigenvalue weighted by Crippen LogP contribution is 2.24. The van der Waals surface area contributed by atoms with E-state index in [2.05, 4.69) is 20.4 Å². The first-order chi connectivity index (χ1) is 12.2. The summed E-state index contributed by atoms with van der Waals surface area (Å²) in [5.74, 6) is 1.29. The van der Waals surface area contributed by atoms with Gasteiger partial charge in [0, 0.05) is 44.2 Å². The molecule has 7 nitrogen and oxygen atoms in total. The number of amides is 1. The van der Waals surface area contributed by atoms with Crippen molar-refractivity contribution in [2.75, 3.05) is 39.4 Å². The number of ether oxygens (including phenoxy) is 1. The van der Waals surface area contributed by atoms with Crippen LogP contribution in [0.1, 0.15) is 21.8 Å². The maximum Gasteiger partial charge on any atom is 0.254 e. The lowest BCUT2D eigenvalue weighted by atomic mass is 10.2. The van der Waals surface area contributed by atoms with Gasteiger partial charge in [0.2, 0.25) is 0 Å². The first-order valence-electron chi connectivity index (χ1n) is 8.30. The van der Waals surface area contributed by atoms with E-state index in [0.717, 1.165) is 44.3 Å². The van der Waals surface area contributed by atoms with Gasteiger partial charge >= 0.3 is 0 Å². The van der Waals surface area contributed by atoms with Crippen LogP contribution in [-0.4, -0.2) is 60.3 Å². The van der Waals surface area contributed by atoms with E-state index in [1.54, 1.807) is 18.3 Å². The van der Waals surface area contributed by atoms with Crippen molar-refractivity contribution in [3.8, 4) is 0 Å². The highest BCUT2D eigenvalue weighted by Gasteiger charge is 2.15. The number of pyridine rings is 1. The van der Waals surface area contributed by atoms with Gasteiger partial charge in [0.05, 0.1) is 24.5 Å². The zero-order chi connectivity index (χ0) is 17.5. The van der Waals surface area contributed by atoms with Crippen molar-refractivity contribution < 1.29 is 14.1 Å². The van der Waals surface area contributed by atoms with E-state index in [-0.39, 0.29) is 5.91 Å². The summed E-state index contributed by atoms with van der Waals surface area (Å²) < 4.78 is 10.4. The van der Waals surface area contributed by atoms with Crippen molar-refractivity contribution in [1.82, 2.24) is 20.4 Å². The Balaban J connectivity index is 1.52. The second-order valence-corrected chi connectivity index (χ2v) is 6.75. The first-order valence-corrected chi connectivity index (χ1v) is 9.29. The van der Waals surface area contributed by atoms with Crippen LogP contribution in [0.4, 0.5) is 0 Å². The number of nitrogens with one attached hydrogen (secondary N) is 1. The Morgan fingerprint density at radius 2 is 2.24 bits per heavy atom. The average molecular weight is 362 g/mol. The number of thioether (sulfide) groups is 1. The fourth-order valence-corrected chi connectivity index (χ4v) is 3.43. The molecule has 0 unspecified atom stereocenters. The molecule has 2 aromatic rings. The molecule has 0 bridgehead atoms. The summed E-state index contributed by atoms with van der Waals surface area (Å²) >= 11 is 1.48. The number of nitrogens with zero attached hydrogens (tertiary/aromatic N) is 3. The van der Waals surface area contributed by atoms with Crippen LogP contribution >= 0.6 is 11.8 Å². The van der Waals surface area contributed by atoms with Crippen LogP contribution in [0.25, 0.3) is 0 Å². The quantitative estimate of drug-likeness (QED) is 0.751. The normalized spacial score (nSPS) is 15.2. The molecule has 0 aliphatic carbocycles. The standard InChI is InChI=1S/C17H22N4O3S/c1-13-11-14(20-24-13)12-25-17-15(3-2-4-19-17)16(22)18-5-6-21-7-9-23-10-8-21/h2-4,11H,5-10,12H2,1H3,(H,18,22). The minimum atomic E-state index is -0.0970. The molecule has 0 saturated carbocycles. The number of rotatable bonds is 7. The van der Waals surface area contributed by atoms with Crippen LogP contribution in [-0.2, 0) is 10.5 Å². The Bertz CT molecular complexity index is 701. The SMILES string of the molecule is Cc1cc(CSc2ncccc2C(=O)NCCN2CCOCC2)no1. The summed E-state index contributed by atoms with van der Waals surface area (Å²) in [6.45, 7) is 6.66. The number of hydrogen-bond acceptors (Lipinski definition) is 7. The van der Waals surface area contributed by atoms with E-state index in [0.29, 0.717) is 22.9 Å². The first kappa shape index (κ1) is 17.9. The molecule has 3 heterocycles. The van der Waals surface area contributed by atoms with E-state index in [4.69, 9.17) is 9.26 Å². The van der Waals surface area contributed by atoms with Crippen LogP contribution in [0.5, 0.6) is 0 Å². The smallest absolute Gasteiger partial charge is 0.254 e. The lowest BCUT2D eigenvalue weighted by molar-refractivity contribution is 0.0383. The third-order valence-electron chi connectivity index (χ3n) is 3.87. The summed E-state index contributed by atoms with van der Waals surface area (Å²) in [4.78, 5) is 19.1. The maximum atomic E-state index is 12.5. The van der Waals surface area contributed by atoms with Gasteiger partial charge in [0.1, 0.15) is 10.8 Å². The molecule has 3 rings (SSSR count). The minimum Gasteiger partial charge on any atom is -0.379 e. The van der Waals surface area contributed by atoms with Gasteiger partial charge in [-0.2, -0.15) is 0 Å². The van der Waals surface area contributed by atoms with E-state index < -0.39 is 0 Å². The molecule has 2 aromatic heterocycles. The average Bonchev–Trinajstić information content (AvgIpc) is 3.06. The number of hydrogen-bond donors (Lipinski definition) is 1. The molecule has 25 heavy (non-hydrogen) atoms. The molecule has 1 aliphatic rings. The van der Waals surface area contributed by atoms with Crippen molar-refractivity contribution in [2.24, 2.45) is 0 Å². The lowest BCUT2D eigenvalue weighted by Crippen LogP contribution is -2.41. The van der Waals surface area contributed by atoms with Crippen LogP contribution in [0, 0.1) is 6.92 Å². The van der Waals surface area contributed by atoms with E-state index >= 15 is 0 Å². The van der Waals surface area contributed by atoms with Crippen LogP contribution in [0.15, 0.2) is 33.9 Å². The lowest BCUT2D eigenvalue weighted by Gasteiger charge is -2.26. The van der Waals surface area contributed by atoms with Crippen molar-refractivity contribution in [2.45, 2.75) is 17.7 Å². The molecule has 8 heteroatoms. The number of carbonyl (C=O) groups is 1. The number of aromatic nitrogens is 2. The Hall–Kier alpha value is -1.90. The van der Waals surface area contributed by atoms with Crippen molar-refractivity contribution in [1.29, 1.82) is 0 Å². The van der Waals surface area contributed by atoms with Crippen LogP contribution < -0.4 is 5.32 Å². The molecular formula is C17H22N4O3S. The third kappa shape index (κ3) is 5.29. The maximum absolute atomic E-state index is 12.5. The summed E-state index contributed by atoms with van der Waals surface area (Å²) in [7, 11) is 0. The van der Waals surface area contributed by atoms with Crippen molar-refractivity contribution >= 4 is 17.7 Å². The van der Waals surface area contributed by atoms with Gasteiger partial charge < -0.3 is 14.6 Å². The van der Waals surface area contributed by atoms with Gasteiger partial charge in [-0.3, -0.25) is 9.69 Å². The van der Waals surface area contributed by atoms with Gasteiger partial charge in [-0.25, -0.2) is 4.98 Å². The van der Waals surface area contributed by atoms with Crippen molar-refractivity contribution in [3.05, 3.63) is 41.4 Å². The molecule has 0 spiro atoms. The summed E-state index contributed by atoms with van der Waals surface area (Å²) in [5, 5.41) is 7.65. The van der Waals surface area contributed by atoms with Gasteiger partial charge in [0.15, 0.2) is 0 Å². The van der Waals surface area contributed by atoms with E-state index in [9.17, 15) is 4.79 Å². The largest absolute Gasteiger partial charge is 0.379 e.